The van der Waals surface area contributed by atoms with Crippen molar-refractivity contribution in [2.75, 3.05) is 4.90 Å². The molecule has 0 saturated carbocycles. The summed E-state index contributed by atoms with van der Waals surface area (Å²) in [7, 11) is 0. The van der Waals surface area contributed by atoms with Crippen molar-refractivity contribution in [3.63, 3.8) is 0 Å². The van der Waals surface area contributed by atoms with Gasteiger partial charge in [-0.15, -0.1) is 0 Å². The number of nitrogens with zero attached hydrogens (tertiary/aromatic N) is 1. The second kappa shape index (κ2) is 33.4. The highest BCUT2D eigenvalue weighted by Crippen LogP contribution is 2.62. The van der Waals surface area contributed by atoms with Crippen LogP contribution in [0.5, 0.6) is 0 Å². The molecule has 0 fully saturated rings. The first-order chi connectivity index (χ1) is 60.9. The minimum Gasteiger partial charge on any atom is -0.310 e. The van der Waals surface area contributed by atoms with E-state index in [4.69, 9.17) is 0 Å². The van der Waals surface area contributed by atoms with Crippen LogP contribution < -0.4 is 59.5 Å². The fourth-order valence-corrected chi connectivity index (χ4v) is 22.0. The van der Waals surface area contributed by atoms with Gasteiger partial charge in [0, 0.05) is 28.4 Å². The maximum atomic E-state index is 19.9. The van der Waals surface area contributed by atoms with Crippen LogP contribution in [0.3, 0.4) is 0 Å². The molecule has 1 heterocycles. The van der Waals surface area contributed by atoms with Gasteiger partial charge in [0.2, 0.25) is 26.9 Å². The largest absolute Gasteiger partial charge is 0.310 e. The SMILES string of the molecule is CC1=CC=CC#CC1B(c1cc(B(c2c(C)cccc2C)C2C#CC=CC=C2C)c2c(c1)C1(c3cc(-c4ccccc4)ccc3N(c3cc(-c4ccccc4)cc(-c4ccccc4)c3)c3ccc(-c4ccccc4)cc31)c1cc(B(c3c(C)cccc3C)c3c(C)cccc3C)cc(B(c3ccccc3C)c3c(C)cccc3C)c1C2=O)c1c(C)cccc1C. The normalized spacial score (nSPS) is 14.4. The molecule has 15 aromatic carbocycles. The van der Waals surface area contributed by atoms with Crippen LogP contribution in [0, 0.1) is 99.8 Å². The van der Waals surface area contributed by atoms with Gasteiger partial charge in [-0.25, -0.2) is 0 Å². The van der Waals surface area contributed by atoms with Crippen molar-refractivity contribution in [1.82, 2.24) is 0 Å². The molecule has 1 aliphatic heterocycles. The summed E-state index contributed by atoms with van der Waals surface area (Å²) in [6.45, 7) is 28.0. The van der Waals surface area contributed by atoms with Gasteiger partial charge in [-0.2, -0.15) is 0 Å². The predicted octanol–water partition coefficient (Wildman–Crippen LogP) is 21.5. The second-order valence-electron chi connectivity index (χ2n) is 35.5. The van der Waals surface area contributed by atoms with Gasteiger partial charge in [0.15, 0.2) is 5.78 Å². The van der Waals surface area contributed by atoms with E-state index in [1.165, 1.54) is 55.2 Å². The number of anilines is 3. The Labute approximate surface area is 741 Å². The van der Waals surface area contributed by atoms with Gasteiger partial charge in [-0.05, 0) is 211 Å². The summed E-state index contributed by atoms with van der Waals surface area (Å²) in [5.74, 6) is 14.5. The van der Waals surface area contributed by atoms with Gasteiger partial charge in [0.05, 0.1) is 16.8 Å². The number of carbonyl (C=O) groups is 1. The third kappa shape index (κ3) is 14.2. The topological polar surface area (TPSA) is 20.3 Å². The van der Waals surface area contributed by atoms with Crippen LogP contribution in [0.4, 0.5) is 17.1 Å². The molecule has 2 atom stereocenters. The van der Waals surface area contributed by atoms with E-state index in [0.717, 1.165) is 156 Å². The average Bonchev–Trinajstić information content (AvgIpc) is 0.725. The monoisotopic (exact) mass is 1600 g/mol. The van der Waals surface area contributed by atoms with Crippen molar-refractivity contribution in [1.29, 1.82) is 0 Å². The van der Waals surface area contributed by atoms with E-state index in [1.807, 2.05) is 12.2 Å². The van der Waals surface area contributed by atoms with Crippen LogP contribution in [0.1, 0.15) is 113 Å². The lowest BCUT2D eigenvalue weighted by Crippen LogP contribution is -2.62. The first kappa shape index (κ1) is 80.8. The van der Waals surface area contributed by atoms with E-state index >= 15 is 4.79 Å². The van der Waals surface area contributed by atoms with Crippen LogP contribution in [0.2, 0.25) is 11.6 Å². The maximum absolute atomic E-state index is 19.9. The fourth-order valence-electron chi connectivity index (χ4n) is 22.0. The molecule has 0 radical (unpaired) electrons. The lowest BCUT2D eigenvalue weighted by Gasteiger charge is -2.51. The number of benzene rings is 15. The standard InChI is InChI=1S/C119H99B4NO/c1-76-39-20-14-30-60-104(76)120(113-79(4)42-34-43-80(113)5)97-72-102-111(107(74-97)122(105-61-31-15-21-40-77(105)2)116-85(10)48-37-49-86(116)11)118(125)112-103(73-98(121(114-81(6)44-35-45-82(114)7)115-83(8)46-36-47-84(115)9)75-108(112)123(106-62-33-32-41-78(106)3)117-87(12)50-38-51-88(117)13)119(102)100-70-93(89-52-22-16-23-53-89)63-65-109(100)124(110-66-64-94(71-101(110)119)90-54-24-17-25-55-90)99-68-95(91-56-26-18-27-57-91)67-96(69-99)92-58-28-19-29-59-92/h14-29,32-59,62-75,104-105H,1-13H3. The summed E-state index contributed by atoms with van der Waals surface area (Å²) in [6, 6.07) is 119. The second-order valence-corrected chi connectivity index (χ2v) is 35.5. The molecule has 2 nitrogen and oxygen atoms in total. The third-order valence-electron chi connectivity index (χ3n) is 27.8. The van der Waals surface area contributed by atoms with E-state index in [2.05, 4.69) is 458 Å². The molecular formula is C119H99B4NO. The minimum absolute atomic E-state index is 0.0213. The Morgan fingerprint density at radius 2 is 0.632 bits per heavy atom. The van der Waals surface area contributed by atoms with Crippen LogP contribution in [-0.4, -0.2) is 32.6 Å². The number of carbonyl (C=O) groups excluding carboxylic acids is 1. The van der Waals surface area contributed by atoms with E-state index in [0.29, 0.717) is 11.1 Å². The maximum Gasteiger partial charge on any atom is 0.243 e. The summed E-state index contributed by atoms with van der Waals surface area (Å²) in [4.78, 5) is 22.5. The Morgan fingerprint density at radius 1 is 0.280 bits per heavy atom. The quantitative estimate of drug-likeness (QED) is 0.0669. The molecule has 4 aliphatic rings. The number of ketones is 1. The van der Waals surface area contributed by atoms with E-state index in [-0.39, 0.29) is 25.0 Å². The Kier molecular flexibility index (Phi) is 21.6. The molecule has 19 rings (SSSR count). The number of aryl methyl sites for hydroxylation is 11. The van der Waals surface area contributed by atoms with Gasteiger partial charge in [0.1, 0.15) is 0 Å². The molecule has 1 spiro atoms. The molecule has 125 heavy (non-hydrogen) atoms. The lowest BCUT2D eigenvalue weighted by atomic mass is 9.27. The van der Waals surface area contributed by atoms with E-state index < -0.39 is 24.7 Å². The van der Waals surface area contributed by atoms with Crippen molar-refractivity contribution in [3.8, 4) is 68.2 Å². The van der Waals surface area contributed by atoms with E-state index in [1.54, 1.807) is 0 Å². The summed E-state index contributed by atoms with van der Waals surface area (Å²) in [6.07, 6.45) is 12.8. The third-order valence-corrected chi connectivity index (χ3v) is 27.8. The molecule has 15 aromatic rings. The molecule has 0 amide bonds. The number of hydrogen-bond acceptors (Lipinski definition) is 2. The zero-order valence-electron chi connectivity index (χ0n) is 73.8. The van der Waals surface area contributed by atoms with Crippen LogP contribution >= 0.6 is 0 Å². The van der Waals surface area contributed by atoms with Crippen molar-refractivity contribution in [2.24, 2.45) is 0 Å². The summed E-state index contributed by atoms with van der Waals surface area (Å²) in [5.41, 5.74) is 41.8. The zero-order valence-corrected chi connectivity index (χ0v) is 73.8. The molecule has 0 saturated heterocycles. The van der Waals surface area contributed by atoms with Gasteiger partial charge < -0.3 is 4.90 Å². The molecule has 0 bridgehead atoms. The predicted molar refractivity (Wildman–Crippen MR) is 537 cm³/mol. The molecule has 3 aliphatic carbocycles. The Balaban J connectivity index is 1.12. The number of hydrogen-bond donors (Lipinski definition) is 0. The zero-order chi connectivity index (χ0) is 86.1. The fraction of sp³-hybridized carbons (Fsp3) is 0.134. The van der Waals surface area contributed by atoms with Crippen LogP contribution in [0.25, 0.3) is 44.5 Å². The Hall–Kier alpha value is -13.9. The summed E-state index contributed by atoms with van der Waals surface area (Å²) < 4.78 is 0. The van der Waals surface area contributed by atoms with E-state index in [9.17, 15) is 0 Å². The molecular weight excluding hydrogens is 1500 g/mol. The summed E-state index contributed by atoms with van der Waals surface area (Å²) >= 11 is 0. The molecule has 6 heteroatoms. The van der Waals surface area contributed by atoms with Gasteiger partial charge in [-0.3, -0.25) is 4.79 Å². The van der Waals surface area contributed by atoms with Crippen LogP contribution in [0.15, 0.2) is 363 Å². The van der Waals surface area contributed by atoms with Crippen molar-refractivity contribution in [2.45, 2.75) is 107 Å². The minimum atomic E-state index is -1.45. The van der Waals surface area contributed by atoms with Crippen molar-refractivity contribution < 1.29 is 4.79 Å². The average molecular weight is 1600 g/mol. The molecule has 0 aromatic heterocycles. The van der Waals surface area contributed by atoms with Crippen LogP contribution in [-0.2, 0) is 5.41 Å². The highest BCUT2D eigenvalue weighted by atomic mass is 16.1. The first-order valence-corrected chi connectivity index (χ1v) is 44.3. The highest BCUT2D eigenvalue weighted by Gasteiger charge is 2.56. The number of rotatable bonds is 17. The smallest absolute Gasteiger partial charge is 0.243 e. The Morgan fingerprint density at radius 3 is 1.06 bits per heavy atom. The molecule has 2 unspecified atom stereocenters. The van der Waals surface area contributed by atoms with Crippen molar-refractivity contribution in [3.05, 3.63) is 458 Å². The molecule has 598 valence electrons. The van der Waals surface area contributed by atoms with Gasteiger partial charge in [-0.1, -0.05) is 448 Å². The highest BCUT2D eigenvalue weighted by molar-refractivity contribution is 7.00. The van der Waals surface area contributed by atoms with Gasteiger partial charge in [0.25, 0.3) is 0 Å². The number of fused-ring (bicyclic) bond motifs is 8. The Bertz CT molecular complexity index is 6840. The lowest BCUT2D eigenvalue weighted by molar-refractivity contribution is 0.103. The van der Waals surface area contributed by atoms with Crippen molar-refractivity contribution >= 4 is 104 Å². The number of allylic oxidation sites excluding steroid dienone is 8. The molecule has 0 N–H and O–H groups in total. The summed E-state index contributed by atoms with van der Waals surface area (Å²) in [5, 5.41) is 0. The first-order valence-electron chi connectivity index (χ1n) is 44.3. The van der Waals surface area contributed by atoms with Gasteiger partial charge >= 0.3 is 0 Å².